The van der Waals surface area contributed by atoms with Gasteiger partial charge in [-0.15, -0.1) is 0 Å². The second kappa shape index (κ2) is 5.65. The highest BCUT2D eigenvalue weighted by atomic mass is 16.5. The number of hydrogen-bond donors (Lipinski definition) is 1. The molecule has 2 rings (SSSR count). The van der Waals surface area contributed by atoms with Crippen molar-refractivity contribution in [2.75, 3.05) is 0 Å². The van der Waals surface area contributed by atoms with Crippen molar-refractivity contribution in [2.45, 2.75) is 6.61 Å². The zero-order chi connectivity index (χ0) is 11.9. The number of rotatable bonds is 4. The van der Waals surface area contributed by atoms with Gasteiger partial charge in [0.15, 0.2) is 0 Å². The molecular formula is C13H12N2O2. The van der Waals surface area contributed by atoms with E-state index in [9.17, 15) is 4.79 Å². The van der Waals surface area contributed by atoms with Gasteiger partial charge in [-0.25, -0.2) is 4.79 Å². The highest BCUT2D eigenvalue weighted by molar-refractivity contribution is 5.86. The lowest BCUT2D eigenvalue weighted by Gasteiger charge is -2.00. The number of H-pyrrole nitrogens is 1. The second-order valence-electron chi connectivity index (χ2n) is 3.43. The van der Waals surface area contributed by atoms with Crippen molar-refractivity contribution < 1.29 is 9.53 Å². The summed E-state index contributed by atoms with van der Waals surface area (Å²) in [6, 6.07) is 7.39. The minimum absolute atomic E-state index is 0.238. The highest BCUT2D eigenvalue weighted by Gasteiger charge is 1.98. The maximum Gasteiger partial charge on any atom is 0.331 e. The molecule has 1 N–H and O–H groups in total. The van der Waals surface area contributed by atoms with Crippen LogP contribution in [0.4, 0.5) is 0 Å². The van der Waals surface area contributed by atoms with E-state index in [0.717, 1.165) is 11.3 Å². The first-order valence-electron chi connectivity index (χ1n) is 5.22. The van der Waals surface area contributed by atoms with Gasteiger partial charge in [0.1, 0.15) is 6.61 Å². The summed E-state index contributed by atoms with van der Waals surface area (Å²) in [6.45, 7) is 0.238. The Labute approximate surface area is 99.0 Å². The molecule has 0 bridgehead atoms. The third-order valence-corrected chi connectivity index (χ3v) is 2.12. The number of esters is 1. The normalized spacial score (nSPS) is 10.6. The predicted octanol–water partition coefficient (Wildman–Crippen LogP) is 2.17. The Morgan fingerprint density at radius 3 is 3.06 bits per heavy atom. The quantitative estimate of drug-likeness (QED) is 0.644. The molecule has 0 aliphatic heterocycles. The van der Waals surface area contributed by atoms with Gasteiger partial charge in [0, 0.05) is 35.9 Å². The topological polar surface area (TPSA) is 55.0 Å². The van der Waals surface area contributed by atoms with Gasteiger partial charge < -0.3 is 9.72 Å². The first-order chi connectivity index (χ1) is 8.34. The molecule has 2 aromatic heterocycles. The van der Waals surface area contributed by atoms with E-state index in [1.165, 1.54) is 6.08 Å². The lowest BCUT2D eigenvalue weighted by atomic mass is 10.3. The molecule has 2 aromatic rings. The minimum Gasteiger partial charge on any atom is -0.458 e. The predicted molar refractivity (Wildman–Crippen MR) is 63.9 cm³/mol. The molecule has 0 saturated carbocycles. The first-order valence-corrected chi connectivity index (χ1v) is 5.22. The van der Waals surface area contributed by atoms with Gasteiger partial charge in [0.25, 0.3) is 0 Å². The molecule has 0 fully saturated rings. The molecule has 0 unspecified atom stereocenters. The molecule has 0 aromatic carbocycles. The molecule has 0 aliphatic rings. The van der Waals surface area contributed by atoms with Gasteiger partial charge in [-0.3, -0.25) is 4.98 Å². The van der Waals surface area contributed by atoms with Gasteiger partial charge in [0.2, 0.25) is 0 Å². The summed E-state index contributed by atoms with van der Waals surface area (Å²) >= 11 is 0. The van der Waals surface area contributed by atoms with Crippen LogP contribution in [0.1, 0.15) is 11.3 Å². The number of aromatic amines is 1. The van der Waals surface area contributed by atoms with E-state index in [1.807, 2.05) is 18.2 Å². The molecule has 0 amide bonds. The maximum atomic E-state index is 11.4. The SMILES string of the molecule is O=C(C=Cc1ccc[nH]1)OCc1cccnc1. The van der Waals surface area contributed by atoms with E-state index in [4.69, 9.17) is 4.74 Å². The van der Waals surface area contributed by atoms with Gasteiger partial charge in [-0.2, -0.15) is 0 Å². The second-order valence-corrected chi connectivity index (χ2v) is 3.43. The largest absolute Gasteiger partial charge is 0.458 e. The van der Waals surface area contributed by atoms with E-state index in [0.29, 0.717) is 0 Å². The first kappa shape index (κ1) is 11.1. The summed E-state index contributed by atoms with van der Waals surface area (Å²) in [4.78, 5) is 18.3. The molecular weight excluding hydrogens is 216 g/mol. The van der Waals surface area contributed by atoms with Crippen molar-refractivity contribution in [3.8, 4) is 0 Å². The molecule has 0 atom stereocenters. The number of ether oxygens (including phenoxy) is 1. The summed E-state index contributed by atoms with van der Waals surface area (Å²) in [6.07, 6.45) is 8.20. The van der Waals surface area contributed by atoms with E-state index in [1.54, 1.807) is 30.7 Å². The van der Waals surface area contributed by atoms with Crippen molar-refractivity contribution in [3.05, 3.63) is 60.2 Å². The Bertz CT molecular complexity index is 489. The van der Waals surface area contributed by atoms with Crippen molar-refractivity contribution in [2.24, 2.45) is 0 Å². The van der Waals surface area contributed by atoms with Crippen LogP contribution in [0.15, 0.2) is 48.9 Å². The summed E-state index contributed by atoms with van der Waals surface area (Å²) in [5.41, 5.74) is 1.73. The van der Waals surface area contributed by atoms with Crippen molar-refractivity contribution >= 4 is 12.0 Å². The van der Waals surface area contributed by atoms with Crippen molar-refractivity contribution in [3.63, 3.8) is 0 Å². The van der Waals surface area contributed by atoms with Crippen molar-refractivity contribution in [1.29, 1.82) is 0 Å². The Morgan fingerprint density at radius 2 is 2.35 bits per heavy atom. The number of aromatic nitrogens is 2. The third-order valence-electron chi connectivity index (χ3n) is 2.12. The molecule has 2 heterocycles. The number of nitrogens with zero attached hydrogens (tertiary/aromatic N) is 1. The molecule has 0 radical (unpaired) electrons. The fourth-order valence-corrected chi connectivity index (χ4v) is 1.29. The highest BCUT2D eigenvalue weighted by Crippen LogP contribution is 2.01. The van der Waals surface area contributed by atoms with Crippen LogP contribution < -0.4 is 0 Å². The van der Waals surface area contributed by atoms with Crippen LogP contribution in [-0.4, -0.2) is 15.9 Å². The van der Waals surface area contributed by atoms with Crippen LogP contribution in [0.5, 0.6) is 0 Å². The Kier molecular flexibility index (Phi) is 3.70. The molecule has 4 nitrogen and oxygen atoms in total. The Balaban J connectivity index is 1.82. The fourth-order valence-electron chi connectivity index (χ4n) is 1.29. The van der Waals surface area contributed by atoms with Crippen LogP contribution in [0.25, 0.3) is 6.08 Å². The van der Waals surface area contributed by atoms with Gasteiger partial charge in [0.05, 0.1) is 0 Å². The summed E-state index contributed by atoms with van der Waals surface area (Å²) in [7, 11) is 0. The van der Waals surface area contributed by atoms with Crippen LogP contribution >= 0.6 is 0 Å². The lowest BCUT2D eigenvalue weighted by molar-refractivity contribution is -0.138. The minimum atomic E-state index is -0.372. The average Bonchev–Trinajstić information content (AvgIpc) is 2.88. The number of pyridine rings is 1. The number of nitrogens with one attached hydrogen (secondary N) is 1. The summed E-state index contributed by atoms with van der Waals surface area (Å²) in [5, 5.41) is 0. The summed E-state index contributed by atoms with van der Waals surface area (Å²) < 4.78 is 5.05. The lowest BCUT2D eigenvalue weighted by Crippen LogP contribution is -2.00. The zero-order valence-electron chi connectivity index (χ0n) is 9.17. The monoisotopic (exact) mass is 228 g/mol. The molecule has 0 saturated heterocycles. The van der Waals surface area contributed by atoms with Gasteiger partial charge >= 0.3 is 5.97 Å². The number of carbonyl (C=O) groups excluding carboxylic acids is 1. The Morgan fingerprint density at radius 1 is 1.41 bits per heavy atom. The Hall–Kier alpha value is -2.36. The van der Waals surface area contributed by atoms with Crippen molar-refractivity contribution in [1.82, 2.24) is 9.97 Å². The average molecular weight is 228 g/mol. The standard InChI is InChI=1S/C13H12N2O2/c16-13(6-5-12-4-2-8-15-12)17-10-11-3-1-7-14-9-11/h1-9,15H,10H2. The van der Waals surface area contributed by atoms with E-state index in [-0.39, 0.29) is 12.6 Å². The maximum absolute atomic E-state index is 11.4. The number of carbonyl (C=O) groups is 1. The third kappa shape index (κ3) is 3.61. The van der Waals surface area contributed by atoms with Crippen LogP contribution in [0, 0.1) is 0 Å². The summed E-state index contributed by atoms with van der Waals surface area (Å²) in [5.74, 6) is -0.372. The van der Waals surface area contributed by atoms with Crippen LogP contribution in [0.3, 0.4) is 0 Å². The number of hydrogen-bond acceptors (Lipinski definition) is 3. The zero-order valence-corrected chi connectivity index (χ0v) is 9.17. The smallest absolute Gasteiger partial charge is 0.331 e. The van der Waals surface area contributed by atoms with E-state index >= 15 is 0 Å². The van der Waals surface area contributed by atoms with E-state index < -0.39 is 0 Å². The molecule has 0 aliphatic carbocycles. The van der Waals surface area contributed by atoms with Crippen LogP contribution in [-0.2, 0) is 16.1 Å². The van der Waals surface area contributed by atoms with Crippen LogP contribution in [0.2, 0.25) is 0 Å². The van der Waals surface area contributed by atoms with Gasteiger partial charge in [-0.05, 0) is 24.3 Å². The van der Waals surface area contributed by atoms with Gasteiger partial charge in [-0.1, -0.05) is 6.07 Å². The fraction of sp³-hybridized carbons (Fsp3) is 0.0769. The molecule has 86 valence electrons. The molecule has 0 spiro atoms. The van der Waals surface area contributed by atoms with E-state index in [2.05, 4.69) is 9.97 Å². The molecule has 17 heavy (non-hydrogen) atoms. The molecule has 4 heteroatoms.